The molecule has 0 aliphatic carbocycles. The summed E-state index contributed by atoms with van der Waals surface area (Å²) >= 11 is 4.82. The maximum absolute atomic E-state index is 10.8. The summed E-state index contributed by atoms with van der Waals surface area (Å²) in [6.07, 6.45) is 0.838. The van der Waals surface area contributed by atoms with E-state index in [1.54, 1.807) is 6.07 Å². The first-order valence-electron chi connectivity index (χ1n) is 4.02. The fourth-order valence-electron chi connectivity index (χ4n) is 1.39. The monoisotopic (exact) mass is 270 g/mol. The second kappa shape index (κ2) is 3.81. The Labute approximate surface area is 93.3 Å². The van der Waals surface area contributed by atoms with Crippen LogP contribution in [-0.4, -0.2) is 11.4 Å². The number of fused-ring (bicyclic) bond motifs is 1. The van der Waals surface area contributed by atoms with E-state index in [-0.39, 0.29) is 6.61 Å². The highest BCUT2D eigenvalue weighted by molar-refractivity contribution is 9.10. The Kier molecular flexibility index (Phi) is 2.67. The van der Waals surface area contributed by atoms with Crippen LogP contribution in [0.5, 0.6) is 0 Å². The molecule has 0 saturated carbocycles. The minimum Gasteiger partial charge on any atom is -0.392 e. The maximum Gasteiger partial charge on any atom is 0.151 e. The molecule has 0 aliphatic heterocycles. The molecule has 2 nitrogen and oxygen atoms in total. The molecule has 0 atom stereocenters. The zero-order chi connectivity index (χ0) is 10.1. The first-order valence-corrected chi connectivity index (χ1v) is 5.69. The average Bonchev–Trinajstić information content (AvgIpc) is 2.59. The van der Waals surface area contributed by atoms with Gasteiger partial charge in [-0.2, -0.15) is 0 Å². The molecule has 1 aromatic carbocycles. The minimum atomic E-state index is 0.00868. The molecule has 14 heavy (non-hydrogen) atoms. The summed E-state index contributed by atoms with van der Waals surface area (Å²) in [5.41, 5.74) is 1.54. The lowest BCUT2D eigenvalue weighted by Gasteiger charge is -1.98. The SMILES string of the molecule is O=Cc1cc(Br)cc2c(CO)csc12. The van der Waals surface area contributed by atoms with Crippen LogP contribution >= 0.6 is 27.3 Å². The van der Waals surface area contributed by atoms with Crippen LogP contribution in [0.4, 0.5) is 0 Å². The fourth-order valence-corrected chi connectivity index (χ4v) is 2.89. The van der Waals surface area contributed by atoms with Crippen LogP contribution in [0, 0.1) is 0 Å². The number of aldehydes is 1. The van der Waals surface area contributed by atoms with E-state index >= 15 is 0 Å². The summed E-state index contributed by atoms with van der Waals surface area (Å²) < 4.78 is 1.80. The van der Waals surface area contributed by atoms with Crippen LogP contribution in [0.15, 0.2) is 22.0 Å². The summed E-state index contributed by atoms with van der Waals surface area (Å²) in [6, 6.07) is 3.71. The fraction of sp³-hybridized carbons (Fsp3) is 0.100. The van der Waals surface area contributed by atoms with Gasteiger partial charge in [0.1, 0.15) is 0 Å². The Bertz CT molecular complexity index is 490. The first kappa shape index (κ1) is 9.83. The number of thiophene rings is 1. The highest BCUT2D eigenvalue weighted by atomic mass is 79.9. The minimum absolute atomic E-state index is 0.00868. The van der Waals surface area contributed by atoms with Gasteiger partial charge in [-0.25, -0.2) is 0 Å². The third kappa shape index (κ3) is 1.49. The number of hydrogen-bond donors (Lipinski definition) is 1. The van der Waals surface area contributed by atoms with E-state index in [1.165, 1.54) is 11.3 Å². The maximum atomic E-state index is 10.8. The molecule has 0 unspecified atom stereocenters. The molecule has 0 amide bonds. The van der Waals surface area contributed by atoms with Crippen LogP contribution in [0.2, 0.25) is 0 Å². The van der Waals surface area contributed by atoms with Gasteiger partial charge in [-0.3, -0.25) is 4.79 Å². The summed E-state index contributed by atoms with van der Waals surface area (Å²) in [5.74, 6) is 0. The molecule has 72 valence electrons. The van der Waals surface area contributed by atoms with Gasteiger partial charge in [0.25, 0.3) is 0 Å². The zero-order valence-corrected chi connectivity index (χ0v) is 9.56. The zero-order valence-electron chi connectivity index (χ0n) is 7.16. The van der Waals surface area contributed by atoms with E-state index in [2.05, 4.69) is 15.9 Å². The predicted molar refractivity (Wildman–Crippen MR) is 60.8 cm³/mol. The number of halogens is 1. The highest BCUT2D eigenvalue weighted by Crippen LogP contribution is 2.31. The third-order valence-electron chi connectivity index (χ3n) is 2.04. The van der Waals surface area contributed by atoms with Gasteiger partial charge in [-0.15, -0.1) is 11.3 Å². The predicted octanol–water partition coefficient (Wildman–Crippen LogP) is 2.97. The molecule has 2 rings (SSSR count). The largest absolute Gasteiger partial charge is 0.392 e. The van der Waals surface area contributed by atoms with Crippen molar-refractivity contribution in [3.05, 3.63) is 33.1 Å². The number of carbonyl (C=O) groups excluding carboxylic acids is 1. The summed E-state index contributed by atoms with van der Waals surface area (Å²) in [6.45, 7) is 0.00868. The lowest BCUT2D eigenvalue weighted by atomic mass is 10.1. The van der Waals surface area contributed by atoms with Crippen molar-refractivity contribution < 1.29 is 9.90 Å². The Morgan fingerprint density at radius 3 is 2.93 bits per heavy atom. The molecule has 0 aliphatic rings. The Balaban J connectivity index is 2.83. The van der Waals surface area contributed by atoms with Crippen molar-refractivity contribution in [2.75, 3.05) is 0 Å². The molecule has 0 bridgehead atoms. The molecular formula is C10H7BrO2S. The summed E-state index contributed by atoms with van der Waals surface area (Å²) in [7, 11) is 0. The van der Waals surface area contributed by atoms with Crippen molar-refractivity contribution >= 4 is 43.6 Å². The van der Waals surface area contributed by atoms with Crippen LogP contribution in [0.3, 0.4) is 0 Å². The second-order valence-electron chi connectivity index (χ2n) is 2.91. The van der Waals surface area contributed by atoms with Crippen LogP contribution in [0.1, 0.15) is 15.9 Å². The van der Waals surface area contributed by atoms with Crippen molar-refractivity contribution in [2.24, 2.45) is 0 Å². The molecular weight excluding hydrogens is 264 g/mol. The van der Waals surface area contributed by atoms with Gasteiger partial charge in [0.15, 0.2) is 6.29 Å². The van der Waals surface area contributed by atoms with E-state index in [4.69, 9.17) is 5.11 Å². The van der Waals surface area contributed by atoms with Gasteiger partial charge in [0.2, 0.25) is 0 Å². The van der Waals surface area contributed by atoms with Crippen molar-refractivity contribution in [3.8, 4) is 0 Å². The second-order valence-corrected chi connectivity index (χ2v) is 4.70. The molecule has 0 fully saturated rings. The summed E-state index contributed by atoms with van der Waals surface area (Å²) in [4.78, 5) is 10.8. The Morgan fingerprint density at radius 1 is 1.50 bits per heavy atom. The number of aliphatic hydroxyl groups excluding tert-OH is 1. The molecule has 0 spiro atoms. The van der Waals surface area contributed by atoms with Crippen molar-refractivity contribution in [3.63, 3.8) is 0 Å². The van der Waals surface area contributed by atoms with Gasteiger partial charge in [-0.1, -0.05) is 15.9 Å². The standard InChI is InChI=1S/C10H7BrO2S/c11-8-1-6(3-12)10-9(2-8)7(4-13)5-14-10/h1-3,5,13H,4H2. The Hall–Kier alpha value is -0.710. The van der Waals surface area contributed by atoms with E-state index in [0.717, 1.165) is 26.4 Å². The molecule has 2 aromatic rings. The van der Waals surface area contributed by atoms with Gasteiger partial charge in [-0.05, 0) is 28.5 Å². The first-order chi connectivity index (χ1) is 6.76. The number of carbonyl (C=O) groups is 1. The molecule has 0 saturated heterocycles. The van der Waals surface area contributed by atoms with E-state index < -0.39 is 0 Å². The number of hydrogen-bond acceptors (Lipinski definition) is 3. The average molecular weight is 271 g/mol. The molecule has 1 N–H and O–H groups in total. The van der Waals surface area contributed by atoms with E-state index in [9.17, 15) is 4.79 Å². The third-order valence-corrected chi connectivity index (χ3v) is 3.60. The van der Waals surface area contributed by atoms with Crippen molar-refractivity contribution in [2.45, 2.75) is 6.61 Å². The Morgan fingerprint density at radius 2 is 2.29 bits per heavy atom. The molecule has 4 heteroatoms. The number of rotatable bonds is 2. The van der Waals surface area contributed by atoms with Gasteiger partial charge in [0.05, 0.1) is 6.61 Å². The van der Waals surface area contributed by atoms with Crippen LogP contribution < -0.4 is 0 Å². The normalized spacial score (nSPS) is 10.7. The van der Waals surface area contributed by atoms with Crippen LogP contribution in [-0.2, 0) is 6.61 Å². The van der Waals surface area contributed by atoms with Crippen molar-refractivity contribution in [1.82, 2.24) is 0 Å². The van der Waals surface area contributed by atoms with Crippen LogP contribution in [0.25, 0.3) is 10.1 Å². The number of benzene rings is 1. The van der Waals surface area contributed by atoms with Gasteiger partial charge in [0, 0.05) is 14.7 Å². The van der Waals surface area contributed by atoms with E-state index in [0.29, 0.717) is 5.56 Å². The molecule has 0 radical (unpaired) electrons. The number of aliphatic hydroxyl groups is 1. The quantitative estimate of drug-likeness (QED) is 0.852. The van der Waals surface area contributed by atoms with Crippen molar-refractivity contribution in [1.29, 1.82) is 0 Å². The lowest BCUT2D eigenvalue weighted by Crippen LogP contribution is -1.83. The lowest BCUT2D eigenvalue weighted by molar-refractivity contribution is 0.112. The molecule has 1 heterocycles. The molecule has 1 aromatic heterocycles. The van der Waals surface area contributed by atoms with Gasteiger partial charge >= 0.3 is 0 Å². The van der Waals surface area contributed by atoms with E-state index in [1.807, 2.05) is 11.4 Å². The smallest absolute Gasteiger partial charge is 0.151 e. The summed E-state index contributed by atoms with van der Waals surface area (Å²) in [5, 5.41) is 11.9. The highest BCUT2D eigenvalue weighted by Gasteiger charge is 2.08. The topological polar surface area (TPSA) is 37.3 Å². The van der Waals surface area contributed by atoms with Gasteiger partial charge < -0.3 is 5.11 Å².